The summed E-state index contributed by atoms with van der Waals surface area (Å²) in [7, 11) is -3.25. The van der Waals surface area contributed by atoms with Crippen molar-refractivity contribution in [3.8, 4) is 0 Å². The number of rotatable bonds is 5. The predicted molar refractivity (Wildman–Crippen MR) is 120 cm³/mol. The van der Waals surface area contributed by atoms with Gasteiger partial charge in [-0.05, 0) is 36.8 Å². The molecule has 1 atom stereocenters. The van der Waals surface area contributed by atoms with E-state index in [1.807, 2.05) is 30.3 Å². The maximum absolute atomic E-state index is 13.3. The van der Waals surface area contributed by atoms with Gasteiger partial charge in [0.15, 0.2) is 16.4 Å². The fourth-order valence-electron chi connectivity index (χ4n) is 4.29. The third-order valence-corrected chi connectivity index (χ3v) is 7.25. The molecule has 2 aromatic carbocycles. The molecule has 1 saturated heterocycles. The molecule has 1 amide bonds. The molecule has 4 rings (SSSR count). The highest BCUT2D eigenvalue weighted by Crippen LogP contribution is 2.23. The average molecular weight is 427 g/mol. The number of piperazine rings is 1. The number of carbonyl (C=O) groups is 1. The first-order valence-corrected chi connectivity index (χ1v) is 12.1. The Bertz CT molecular complexity index is 1030. The molecule has 0 bridgehead atoms. The number of amides is 1. The molecule has 0 aromatic heterocycles. The van der Waals surface area contributed by atoms with Crippen molar-refractivity contribution in [3.63, 3.8) is 0 Å². The van der Waals surface area contributed by atoms with Crippen molar-refractivity contribution in [2.45, 2.75) is 13.0 Å². The summed E-state index contributed by atoms with van der Waals surface area (Å²) in [6.07, 6.45) is 1.63. The highest BCUT2D eigenvalue weighted by atomic mass is 32.2. The number of aryl methyl sites for hydroxylation is 1. The lowest BCUT2D eigenvalue weighted by molar-refractivity contribution is -0.892. The molecular weight excluding hydrogens is 398 g/mol. The monoisotopic (exact) mass is 426 g/mol. The zero-order valence-electron chi connectivity index (χ0n) is 17.2. The number of carbonyl (C=O) groups excluding carboxylic acids is 1. The molecule has 1 fully saturated rings. The maximum Gasteiger partial charge on any atom is 0.282 e. The average Bonchev–Trinajstić information content (AvgIpc) is 3.09. The van der Waals surface area contributed by atoms with Crippen molar-refractivity contribution < 1.29 is 18.1 Å². The van der Waals surface area contributed by atoms with Crippen LogP contribution in [-0.4, -0.2) is 58.8 Å². The summed E-state index contributed by atoms with van der Waals surface area (Å²) in [5.41, 5.74) is 3.27. The highest BCUT2D eigenvalue weighted by molar-refractivity contribution is 7.94. The fraction of sp³-hybridized carbons (Fsp3) is 0.348. The second-order valence-corrected chi connectivity index (χ2v) is 9.96. The van der Waals surface area contributed by atoms with Crippen molar-refractivity contribution in [3.05, 3.63) is 71.6 Å². The van der Waals surface area contributed by atoms with E-state index in [0.717, 1.165) is 31.9 Å². The molecule has 0 aliphatic carbocycles. The summed E-state index contributed by atoms with van der Waals surface area (Å²) in [5, 5.41) is 1.23. The summed E-state index contributed by atoms with van der Waals surface area (Å²) < 4.78 is 23.9. The molecule has 2 aliphatic rings. The van der Waals surface area contributed by atoms with E-state index in [2.05, 4.69) is 36.1 Å². The third-order valence-electron chi connectivity index (χ3n) is 5.87. The minimum atomic E-state index is -3.25. The molecule has 6 nitrogen and oxygen atoms in total. The zero-order chi connectivity index (χ0) is 21.1. The molecule has 158 valence electrons. The quantitative estimate of drug-likeness (QED) is 0.776. The molecule has 0 unspecified atom stereocenters. The van der Waals surface area contributed by atoms with Crippen molar-refractivity contribution >= 4 is 27.1 Å². The van der Waals surface area contributed by atoms with E-state index < -0.39 is 15.9 Å². The van der Waals surface area contributed by atoms with Gasteiger partial charge in [0.25, 0.3) is 5.91 Å². The number of nitrogens with zero attached hydrogens (tertiary/aromatic N) is 2. The first-order valence-electron chi connectivity index (χ1n) is 10.4. The SMILES string of the molecule is Cc1ccccc1N1CC[NH+](CC(=O)N(c2ccccc2)[C@H]2C=CS(=O)(=O)C2)CC1. The van der Waals surface area contributed by atoms with Crippen LogP contribution in [0.1, 0.15) is 5.56 Å². The Morgan fingerprint density at radius 2 is 1.73 bits per heavy atom. The maximum atomic E-state index is 13.3. The zero-order valence-corrected chi connectivity index (χ0v) is 18.0. The topological polar surface area (TPSA) is 62.1 Å². The Labute approximate surface area is 178 Å². The van der Waals surface area contributed by atoms with Crippen LogP contribution < -0.4 is 14.7 Å². The summed E-state index contributed by atoms with van der Waals surface area (Å²) in [6, 6.07) is 17.3. The van der Waals surface area contributed by atoms with Gasteiger partial charge in [-0.25, -0.2) is 8.42 Å². The Hall–Kier alpha value is -2.64. The number of para-hydroxylation sites is 2. The van der Waals surface area contributed by atoms with Gasteiger partial charge in [-0.1, -0.05) is 36.4 Å². The number of sulfone groups is 1. The number of quaternary nitrogens is 1. The van der Waals surface area contributed by atoms with Crippen LogP contribution in [0.5, 0.6) is 0 Å². The van der Waals surface area contributed by atoms with Gasteiger partial charge in [0.2, 0.25) is 0 Å². The van der Waals surface area contributed by atoms with Crippen molar-refractivity contribution in [1.82, 2.24) is 0 Å². The Balaban J connectivity index is 1.44. The number of hydrogen-bond donors (Lipinski definition) is 1. The van der Waals surface area contributed by atoms with Gasteiger partial charge in [-0.15, -0.1) is 0 Å². The van der Waals surface area contributed by atoms with Gasteiger partial charge in [-0.2, -0.15) is 0 Å². The van der Waals surface area contributed by atoms with E-state index in [1.165, 1.54) is 21.6 Å². The standard InChI is InChI=1S/C23H27N3O3S/c1-19-7-5-6-10-22(19)25-14-12-24(13-15-25)17-23(27)26(20-8-3-2-4-9-20)21-11-16-30(28,29)18-21/h2-11,16,21H,12-15,17-18H2,1H3/p+1/t21-/m0/s1. The van der Waals surface area contributed by atoms with Gasteiger partial charge >= 0.3 is 0 Å². The molecule has 7 heteroatoms. The van der Waals surface area contributed by atoms with Crippen LogP contribution in [0.2, 0.25) is 0 Å². The van der Waals surface area contributed by atoms with E-state index in [4.69, 9.17) is 0 Å². The van der Waals surface area contributed by atoms with Gasteiger partial charge in [0.1, 0.15) is 0 Å². The molecule has 2 aromatic rings. The normalized spacial score (nSPS) is 21.0. The summed E-state index contributed by atoms with van der Waals surface area (Å²) in [5.74, 6) is -0.0865. The van der Waals surface area contributed by atoms with Crippen molar-refractivity contribution in [2.24, 2.45) is 0 Å². The van der Waals surface area contributed by atoms with Gasteiger partial charge < -0.3 is 9.80 Å². The molecule has 2 heterocycles. The molecule has 1 N–H and O–H groups in total. The Morgan fingerprint density at radius 1 is 1.07 bits per heavy atom. The minimum Gasteiger partial charge on any atom is -0.360 e. The van der Waals surface area contributed by atoms with Crippen LogP contribution in [0.4, 0.5) is 11.4 Å². The Morgan fingerprint density at radius 3 is 2.37 bits per heavy atom. The van der Waals surface area contributed by atoms with E-state index in [1.54, 1.807) is 11.0 Å². The molecule has 2 aliphatic heterocycles. The van der Waals surface area contributed by atoms with Crippen LogP contribution >= 0.6 is 0 Å². The molecule has 0 radical (unpaired) electrons. The van der Waals surface area contributed by atoms with Crippen molar-refractivity contribution in [2.75, 3.05) is 48.3 Å². The Kier molecular flexibility index (Phi) is 5.92. The lowest BCUT2D eigenvalue weighted by Crippen LogP contribution is -3.16. The highest BCUT2D eigenvalue weighted by Gasteiger charge is 2.33. The minimum absolute atomic E-state index is 0.0349. The molecule has 0 spiro atoms. The lowest BCUT2D eigenvalue weighted by Gasteiger charge is -2.35. The van der Waals surface area contributed by atoms with Crippen LogP contribution in [0.15, 0.2) is 66.1 Å². The largest absolute Gasteiger partial charge is 0.360 e. The van der Waals surface area contributed by atoms with Crippen LogP contribution in [-0.2, 0) is 14.6 Å². The van der Waals surface area contributed by atoms with Crippen molar-refractivity contribution in [1.29, 1.82) is 0 Å². The third kappa shape index (κ3) is 4.57. The number of nitrogens with one attached hydrogen (secondary N) is 1. The fourth-order valence-corrected chi connectivity index (χ4v) is 5.56. The molecular formula is C23H28N3O3S+. The molecule has 30 heavy (non-hydrogen) atoms. The number of anilines is 2. The van der Waals surface area contributed by atoms with Gasteiger partial charge in [-0.3, -0.25) is 9.69 Å². The molecule has 0 saturated carbocycles. The van der Waals surface area contributed by atoms with E-state index in [0.29, 0.717) is 6.54 Å². The second kappa shape index (κ2) is 8.62. The van der Waals surface area contributed by atoms with E-state index in [9.17, 15) is 13.2 Å². The first-order chi connectivity index (χ1) is 14.4. The second-order valence-electron chi connectivity index (χ2n) is 8.03. The first kappa shape index (κ1) is 20.6. The van der Waals surface area contributed by atoms with Gasteiger partial charge in [0.05, 0.1) is 38.0 Å². The smallest absolute Gasteiger partial charge is 0.282 e. The van der Waals surface area contributed by atoms with Crippen LogP contribution in [0, 0.1) is 6.92 Å². The van der Waals surface area contributed by atoms with Crippen LogP contribution in [0.3, 0.4) is 0 Å². The summed E-state index contributed by atoms with van der Waals surface area (Å²) >= 11 is 0. The van der Waals surface area contributed by atoms with E-state index >= 15 is 0 Å². The summed E-state index contributed by atoms with van der Waals surface area (Å²) in [6.45, 7) is 6.04. The van der Waals surface area contributed by atoms with Gasteiger partial charge in [0, 0.05) is 16.8 Å². The number of hydrogen-bond acceptors (Lipinski definition) is 4. The van der Waals surface area contributed by atoms with Crippen LogP contribution in [0.25, 0.3) is 0 Å². The lowest BCUT2D eigenvalue weighted by atomic mass is 10.1. The predicted octanol–water partition coefficient (Wildman–Crippen LogP) is 1.04. The summed E-state index contributed by atoms with van der Waals surface area (Å²) in [4.78, 5) is 18.5. The van der Waals surface area contributed by atoms with E-state index in [-0.39, 0.29) is 11.7 Å². The number of benzene rings is 2.